The fourth-order valence-corrected chi connectivity index (χ4v) is 2.83. The topological polar surface area (TPSA) is 9.23 Å². The lowest BCUT2D eigenvalue weighted by atomic mass is 10.0. The molecule has 4 heteroatoms. The van der Waals surface area contributed by atoms with Crippen LogP contribution in [0.4, 0.5) is 0 Å². The van der Waals surface area contributed by atoms with Crippen molar-refractivity contribution in [2.75, 3.05) is 6.61 Å². The van der Waals surface area contributed by atoms with Crippen LogP contribution in [0.1, 0.15) is 23.4 Å². The first-order valence-corrected chi connectivity index (χ1v) is 7.96. The van der Waals surface area contributed by atoms with Gasteiger partial charge >= 0.3 is 0 Å². The number of rotatable bonds is 4. The van der Waals surface area contributed by atoms with Crippen LogP contribution in [0.25, 0.3) is 0 Å². The summed E-state index contributed by atoms with van der Waals surface area (Å²) in [5, 5.41) is -0.167. The lowest BCUT2D eigenvalue weighted by Crippen LogP contribution is -1.96. The zero-order chi connectivity index (χ0) is 13.8. The predicted molar refractivity (Wildman–Crippen MR) is 87.1 cm³/mol. The molecule has 0 radical (unpaired) electrons. The second-order valence-electron chi connectivity index (χ2n) is 4.04. The van der Waals surface area contributed by atoms with Crippen LogP contribution in [0.15, 0.2) is 51.4 Å². The van der Waals surface area contributed by atoms with Crippen molar-refractivity contribution in [3.8, 4) is 5.75 Å². The predicted octanol–water partition coefficient (Wildman–Crippen LogP) is 5.94. The molecule has 0 bridgehead atoms. The summed E-state index contributed by atoms with van der Waals surface area (Å²) in [6, 6.07) is 14.0. The molecule has 0 heterocycles. The van der Waals surface area contributed by atoms with E-state index in [4.69, 9.17) is 16.3 Å². The van der Waals surface area contributed by atoms with Crippen molar-refractivity contribution in [3.63, 3.8) is 0 Å². The summed E-state index contributed by atoms with van der Waals surface area (Å²) >= 11 is 13.4. The molecule has 0 aromatic heterocycles. The molecule has 0 N–H and O–H groups in total. The maximum atomic E-state index is 6.51. The van der Waals surface area contributed by atoms with Crippen LogP contribution in [0.5, 0.6) is 5.75 Å². The number of hydrogen-bond donors (Lipinski definition) is 0. The summed E-state index contributed by atoms with van der Waals surface area (Å²) in [5.74, 6) is 0.839. The molecular weight excluding hydrogens is 391 g/mol. The van der Waals surface area contributed by atoms with E-state index in [1.54, 1.807) is 0 Å². The van der Waals surface area contributed by atoms with Crippen molar-refractivity contribution in [2.24, 2.45) is 0 Å². The molecule has 2 rings (SSSR count). The van der Waals surface area contributed by atoms with Crippen LogP contribution >= 0.6 is 43.5 Å². The summed E-state index contributed by atoms with van der Waals surface area (Å²) in [6.07, 6.45) is 0. The Morgan fingerprint density at radius 2 is 1.68 bits per heavy atom. The van der Waals surface area contributed by atoms with Gasteiger partial charge in [-0.05, 0) is 58.2 Å². The van der Waals surface area contributed by atoms with Crippen molar-refractivity contribution < 1.29 is 4.74 Å². The number of benzene rings is 2. The highest BCUT2D eigenvalue weighted by Crippen LogP contribution is 2.34. The van der Waals surface area contributed by atoms with Crippen molar-refractivity contribution in [2.45, 2.75) is 12.3 Å². The third kappa shape index (κ3) is 3.74. The quantitative estimate of drug-likeness (QED) is 0.573. The molecule has 2 aromatic rings. The van der Waals surface area contributed by atoms with E-state index in [1.807, 2.05) is 49.4 Å². The van der Waals surface area contributed by atoms with Crippen LogP contribution in [0, 0.1) is 0 Å². The third-order valence-electron chi connectivity index (χ3n) is 2.71. The van der Waals surface area contributed by atoms with Crippen LogP contribution < -0.4 is 4.74 Å². The molecule has 0 amide bonds. The molecule has 0 aliphatic carbocycles. The molecule has 0 fully saturated rings. The highest BCUT2D eigenvalue weighted by Gasteiger charge is 2.12. The van der Waals surface area contributed by atoms with Gasteiger partial charge in [0.05, 0.1) is 16.5 Å². The van der Waals surface area contributed by atoms with E-state index in [0.717, 1.165) is 25.8 Å². The van der Waals surface area contributed by atoms with Gasteiger partial charge in [-0.15, -0.1) is 11.6 Å². The Morgan fingerprint density at radius 3 is 2.26 bits per heavy atom. The standard InChI is InChI=1S/C15H13Br2ClO/c1-2-19-14-8-5-11(9-13(14)17)15(18)10-3-6-12(16)7-4-10/h3-9,15H,2H2,1H3. The van der Waals surface area contributed by atoms with Gasteiger partial charge in [0, 0.05) is 4.47 Å². The van der Waals surface area contributed by atoms with Gasteiger partial charge in [-0.2, -0.15) is 0 Å². The monoisotopic (exact) mass is 402 g/mol. The van der Waals surface area contributed by atoms with E-state index in [-0.39, 0.29) is 5.38 Å². The van der Waals surface area contributed by atoms with Crippen LogP contribution in [0.2, 0.25) is 0 Å². The molecule has 0 aliphatic rings. The molecule has 1 unspecified atom stereocenters. The zero-order valence-electron chi connectivity index (χ0n) is 10.4. The molecular formula is C15H13Br2ClO. The van der Waals surface area contributed by atoms with E-state index < -0.39 is 0 Å². The summed E-state index contributed by atoms with van der Waals surface area (Å²) in [4.78, 5) is 0. The van der Waals surface area contributed by atoms with E-state index >= 15 is 0 Å². The van der Waals surface area contributed by atoms with Gasteiger partial charge in [0.15, 0.2) is 0 Å². The summed E-state index contributed by atoms with van der Waals surface area (Å²) < 4.78 is 7.47. The SMILES string of the molecule is CCOc1ccc(C(Cl)c2ccc(Br)cc2)cc1Br. The normalized spacial score (nSPS) is 12.2. The molecule has 2 aromatic carbocycles. The third-order valence-corrected chi connectivity index (χ3v) is 4.36. The van der Waals surface area contributed by atoms with E-state index in [2.05, 4.69) is 31.9 Å². The molecule has 1 atom stereocenters. The van der Waals surface area contributed by atoms with Gasteiger partial charge < -0.3 is 4.74 Å². The van der Waals surface area contributed by atoms with Crippen molar-refractivity contribution >= 4 is 43.5 Å². The van der Waals surface area contributed by atoms with E-state index in [9.17, 15) is 0 Å². The van der Waals surface area contributed by atoms with Crippen LogP contribution in [-0.4, -0.2) is 6.61 Å². The Labute approximate surface area is 135 Å². The first-order chi connectivity index (χ1) is 9.11. The zero-order valence-corrected chi connectivity index (χ0v) is 14.3. The maximum absolute atomic E-state index is 6.51. The van der Waals surface area contributed by atoms with Crippen molar-refractivity contribution in [1.29, 1.82) is 0 Å². The fraction of sp³-hybridized carbons (Fsp3) is 0.200. The number of ether oxygens (including phenoxy) is 1. The molecule has 19 heavy (non-hydrogen) atoms. The lowest BCUT2D eigenvalue weighted by molar-refractivity contribution is 0.338. The van der Waals surface area contributed by atoms with Crippen molar-refractivity contribution in [1.82, 2.24) is 0 Å². The van der Waals surface area contributed by atoms with Crippen LogP contribution in [-0.2, 0) is 0 Å². The Balaban J connectivity index is 2.26. The molecule has 0 saturated heterocycles. The molecule has 0 spiro atoms. The van der Waals surface area contributed by atoms with E-state index in [1.165, 1.54) is 0 Å². The second-order valence-corrected chi connectivity index (χ2v) is 6.24. The Kier molecular flexibility index (Phi) is 5.31. The minimum atomic E-state index is -0.167. The van der Waals surface area contributed by atoms with Gasteiger partial charge in [0.1, 0.15) is 5.75 Å². The Morgan fingerprint density at radius 1 is 1.05 bits per heavy atom. The Bertz CT molecular complexity index is 555. The molecule has 0 saturated carbocycles. The summed E-state index contributed by atoms with van der Waals surface area (Å²) in [5.41, 5.74) is 2.11. The largest absolute Gasteiger partial charge is 0.493 e. The highest BCUT2D eigenvalue weighted by atomic mass is 79.9. The number of alkyl halides is 1. The van der Waals surface area contributed by atoms with Gasteiger partial charge in [-0.1, -0.05) is 34.1 Å². The average Bonchev–Trinajstić information content (AvgIpc) is 2.41. The van der Waals surface area contributed by atoms with Crippen LogP contribution in [0.3, 0.4) is 0 Å². The second kappa shape index (κ2) is 6.78. The van der Waals surface area contributed by atoms with Gasteiger partial charge in [-0.25, -0.2) is 0 Å². The minimum absolute atomic E-state index is 0.167. The van der Waals surface area contributed by atoms with Gasteiger partial charge in [0.2, 0.25) is 0 Å². The van der Waals surface area contributed by atoms with Gasteiger partial charge in [-0.3, -0.25) is 0 Å². The smallest absolute Gasteiger partial charge is 0.133 e. The molecule has 1 nitrogen and oxygen atoms in total. The lowest BCUT2D eigenvalue weighted by Gasteiger charge is -2.13. The first-order valence-electron chi connectivity index (χ1n) is 5.93. The minimum Gasteiger partial charge on any atom is -0.493 e. The fourth-order valence-electron chi connectivity index (χ4n) is 1.77. The Hall–Kier alpha value is -0.510. The maximum Gasteiger partial charge on any atom is 0.133 e. The van der Waals surface area contributed by atoms with Gasteiger partial charge in [0.25, 0.3) is 0 Å². The molecule has 100 valence electrons. The first kappa shape index (κ1) is 14.9. The summed E-state index contributed by atoms with van der Waals surface area (Å²) in [7, 11) is 0. The van der Waals surface area contributed by atoms with Crippen molar-refractivity contribution in [3.05, 3.63) is 62.5 Å². The number of hydrogen-bond acceptors (Lipinski definition) is 1. The highest BCUT2D eigenvalue weighted by molar-refractivity contribution is 9.10. The van der Waals surface area contributed by atoms with E-state index in [0.29, 0.717) is 6.61 Å². The summed E-state index contributed by atoms with van der Waals surface area (Å²) in [6.45, 7) is 2.61. The number of halogens is 3. The average molecular weight is 405 g/mol. The molecule has 0 aliphatic heterocycles.